The second-order valence-corrected chi connectivity index (χ2v) is 6.79. The molecule has 120 valence electrons. The van der Waals surface area contributed by atoms with Crippen LogP contribution in [0.15, 0.2) is 46.9 Å². The Kier molecular flexibility index (Phi) is 5.74. The van der Waals surface area contributed by atoms with E-state index in [4.69, 9.17) is 12.2 Å². The van der Waals surface area contributed by atoms with Gasteiger partial charge in [0.2, 0.25) is 0 Å². The number of rotatable bonds is 5. The third kappa shape index (κ3) is 4.09. The van der Waals surface area contributed by atoms with Gasteiger partial charge >= 0.3 is 5.97 Å². The van der Waals surface area contributed by atoms with Gasteiger partial charge in [-0.1, -0.05) is 67.3 Å². The van der Waals surface area contributed by atoms with Crippen molar-refractivity contribution >= 4 is 46.3 Å². The normalized spacial score (nSPS) is 18.6. The Morgan fingerprint density at radius 2 is 2.04 bits per heavy atom. The van der Waals surface area contributed by atoms with Gasteiger partial charge < -0.3 is 5.11 Å². The number of hydrogen-bond donors (Lipinski definition) is 1. The van der Waals surface area contributed by atoms with E-state index in [1.54, 1.807) is 13.0 Å². The van der Waals surface area contributed by atoms with E-state index in [-0.39, 0.29) is 5.91 Å². The number of hydrogen-bond acceptors (Lipinski definition) is 4. The highest BCUT2D eigenvalue weighted by molar-refractivity contribution is 8.26. The quantitative estimate of drug-likeness (QED) is 0.650. The molecule has 1 aromatic rings. The fourth-order valence-electron chi connectivity index (χ4n) is 2.28. The summed E-state index contributed by atoms with van der Waals surface area (Å²) in [6.07, 6.45) is 4.02. The predicted octanol–water partition coefficient (Wildman–Crippen LogP) is 3.70. The second kappa shape index (κ2) is 7.57. The molecule has 0 aromatic heterocycles. The summed E-state index contributed by atoms with van der Waals surface area (Å²) in [6, 6.07) is 8.86. The van der Waals surface area contributed by atoms with Crippen molar-refractivity contribution in [1.29, 1.82) is 0 Å². The van der Waals surface area contributed by atoms with Crippen LogP contribution in [0, 0.1) is 0 Å². The minimum atomic E-state index is -1.04. The van der Waals surface area contributed by atoms with Gasteiger partial charge in [0.25, 0.3) is 5.91 Å². The molecule has 4 nitrogen and oxygen atoms in total. The maximum absolute atomic E-state index is 12.5. The van der Waals surface area contributed by atoms with Crippen molar-refractivity contribution in [3.8, 4) is 0 Å². The lowest BCUT2D eigenvalue weighted by Crippen LogP contribution is -2.43. The van der Waals surface area contributed by atoms with E-state index in [2.05, 4.69) is 0 Å². The zero-order chi connectivity index (χ0) is 17.0. The van der Waals surface area contributed by atoms with Crippen molar-refractivity contribution in [2.24, 2.45) is 0 Å². The van der Waals surface area contributed by atoms with E-state index in [0.29, 0.717) is 15.6 Å². The van der Waals surface area contributed by atoms with Gasteiger partial charge in [0.15, 0.2) is 0 Å². The van der Waals surface area contributed by atoms with Gasteiger partial charge in [0.05, 0.1) is 4.91 Å². The average molecular weight is 347 g/mol. The Morgan fingerprint density at radius 1 is 1.39 bits per heavy atom. The van der Waals surface area contributed by atoms with Crippen molar-refractivity contribution in [3.05, 3.63) is 52.4 Å². The maximum Gasteiger partial charge on any atom is 0.326 e. The lowest BCUT2D eigenvalue weighted by Gasteiger charge is -2.21. The first-order valence-corrected chi connectivity index (χ1v) is 8.39. The van der Waals surface area contributed by atoms with Crippen LogP contribution < -0.4 is 0 Å². The van der Waals surface area contributed by atoms with Crippen LogP contribution in [0.4, 0.5) is 0 Å². The minimum Gasteiger partial charge on any atom is -0.480 e. The van der Waals surface area contributed by atoms with Gasteiger partial charge in [-0.05, 0) is 30.6 Å². The van der Waals surface area contributed by atoms with Crippen LogP contribution in [0.1, 0.15) is 25.8 Å². The highest BCUT2D eigenvalue weighted by Gasteiger charge is 2.39. The van der Waals surface area contributed by atoms with Crippen LogP contribution in [0.5, 0.6) is 0 Å². The topological polar surface area (TPSA) is 57.6 Å². The molecule has 1 aliphatic rings. The van der Waals surface area contributed by atoms with Crippen LogP contribution >= 0.6 is 24.0 Å². The molecule has 2 rings (SSSR count). The first kappa shape index (κ1) is 17.4. The molecule has 1 fully saturated rings. The number of amides is 1. The van der Waals surface area contributed by atoms with Crippen molar-refractivity contribution in [2.45, 2.75) is 26.3 Å². The summed E-state index contributed by atoms with van der Waals surface area (Å²) in [5.41, 5.74) is 1.94. The summed E-state index contributed by atoms with van der Waals surface area (Å²) in [7, 11) is 0. The molecule has 0 aliphatic carbocycles. The Balaban J connectivity index is 2.25. The zero-order valence-corrected chi connectivity index (χ0v) is 14.5. The highest BCUT2D eigenvalue weighted by atomic mass is 32.2. The summed E-state index contributed by atoms with van der Waals surface area (Å²) in [5.74, 6) is -1.38. The smallest absolute Gasteiger partial charge is 0.326 e. The molecule has 23 heavy (non-hydrogen) atoms. The van der Waals surface area contributed by atoms with E-state index >= 15 is 0 Å². The number of benzene rings is 1. The van der Waals surface area contributed by atoms with Gasteiger partial charge in [-0.3, -0.25) is 9.69 Å². The number of thioether (sulfide) groups is 1. The SMILES string of the molecule is CC[C@H](C(=O)O)N1C(=O)/C(=C\C(C)=C/c2ccccc2)SC1=S. The molecule has 1 amide bonds. The Morgan fingerprint density at radius 3 is 2.61 bits per heavy atom. The van der Waals surface area contributed by atoms with Crippen LogP contribution in [0.3, 0.4) is 0 Å². The van der Waals surface area contributed by atoms with E-state index in [1.165, 1.54) is 4.90 Å². The number of nitrogens with zero attached hydrogens (tertiary/aromatic N) is 1. The van der Waals surface area contributed by atoms with Gasteiger partial charge in [0, 0.05) is 0 Å². The molecule has 1 saturated heterocycles. The first-order valence-electron chi connectivity index (χ1n) is 7.17. The molecule has 0 bridgehead atoms. The van der Waals surface area contributed by atoms with Crippen LogP contribution in [-0.4, -0.2) is 32.2 Å². The molecule has 0 radical (unpaired) electrons. The molecule has 1 heterocycles. The Bertz CT molecular complexity index is 695. The number of aliphatic carboxylic acids is 1. The van der Waals surface area contributed by atoms with Crippen LogP contribution in [0.25, 0.3) is 6.08 Å². The van der Waals surface area contributed by atoms with E-state index in [0.717, 1.165) is 22.9 Å². The third-order valence-corrected chi connectivity index (χ3v) is 4.69. The zero-order valence-electron chi connectivity index (χ0n) is 12.9. The molecule has 6 heteroatoms. The van der Waals surface area contributed by atoms with Crippen molar-refractivity contribution < 1.29 is 14.7 Å². The summed E-state index contributed by atoms with van der Waals surface area (Å²) in [4.78, 5) is 25.4. The average Bonchev–Trinajstić information content (AvgIpc) is 2.76. The molecule has 0 spiro atoms. The molecular weight excluding hydrogens is 330 g/mol. The maximum atomic E-state index is 12.5. The molecular formula is C17H17NO3S2. The fraction of sp³-hybridized carbons (Fsp3) is 0.235. The number of thiocarbonyl (C=S) groups is 1. The molecule has 1 aromatic carbocycles. The van der Waals surface area contributed by atoms with Gasteiger partial charge in [-0.25, -0.2) is 4.79 Å². The van der Waals surface area contributed by atoms with Gasteiger partial charge in [-0.15, -0.1) is 0 Å². The third-order valence-electron chi connectivity index (χ3n) is 3.36. The highest BCUT2D eigenvalue weighted by Crippen LogP contribution is 2.34. The van der Waals surface area contributed by atoms with Crippen LogP contribution in [-0.2, 0) is 9.59 Å². The fourth-order valence-corrected chi connectivity index (χ4v) is 3.68. The number of carboxylic acid groups (broad SMARTS) is 1. The summed E-state index contributed by atoms with van der Waals surface area (Å²) in [5, 5.41) is 9.24. The molecule has 0 unspecified atom stereocenters. The number of allylic oxidation sites excluding steroid dienone is 2. The molecule has 1 aliphatic heterocycles. The lowest BCUT2D eigenvalue weighted by atomic mass is 10.1. The lowest BCUT2D eigenvalue weighted by molar-refractivity contribution is -0.145. The largest absolute Gasteiger partial charge is 0.480 e. The van der Waals surface area contributed by atoms with Gasteiger partial charge in [-0.2, -0.15) is 0 Å². The van der Waals surface area contributed by atoms with Crippen molar-refractivity contribution in [3.63, 3.8) is 0 Å². The molecule has 1 atom stereocenters. The summed E-state index contributed by atoms with van der Waals surface area (Å²) in [6.45, 7) is 3.62. The first-order chi connectivity index (χ1) is 10.9. The van der Waals surface area contributed by atoms with E-state index in [1.807, 2.05) is 43.3 Å². The number of carbonyl (C=O) groups is 2. The summed E-state index contributed by atoms with van der Waals surface area (Å²) >= 11 is 6.33. The van der Waals surface area contributed by atoms with Crippen LogP contribution in [0.2, 0.25) is 0 Å². The molecule has 1 N–H and O–H groups in total. The standard InChI is InChI=1S/C17H17NO3S2/c1-3-13(16(20)21)18-15(19)14(23-17(18)22)10-11(2)9-12-7-5-4-6-8-12/h4-10,13H,3H2,1-2H3,(H,20,21)/b11-9-,14-10+/t13-/m1/s1. The van der Waals surface area contributed by atoms with Crippen molar-refractivity contribution in [1.82, 2.24) is 4.90 Å². The predicted molar refractivity (Wildman–Crippen MR) is 96.9 cm³/mol. The van der Waals surface area contributed by atoms with Gasteiger partial charge in [0.1, 0.15) is 10.4 Å². The number of carboxylic acids is 1. The summed E-state index contributed by atoms with van der Waals surface area (Å²) < 4.78 is 0.294. The second-order valence-electron chi connectivity index (χ2n) is 5.11. The van der Waals surface area contributed by atoms with Crippen molar-refractivity contribution in [2.75, 3.05) is 0 Å². The van der Waals surface area contributed by atoms with E-state index in [9.17, 15) is 14.7 Å². The Labute approximate surface area is 144 Å². The molecule has 0 saturated carbocycles. The monoisotopic (exact) mass is 347 g/mol. The van der Waals surface area contributed by atoms with E-state index < -0.39 is 12.0 Å². The Hall–Kier alpha value is -1.92. The number of carbonyl (C=O) groups excluding carboxylic acids is 1. The minimum absolute atomic E-state index is 0.294.